The molecule has 0 heterocycles. The molecule has 0 saturated heterocycles. The van der Waals surface area contributed by atoms with E-state index in [0.29, 0.717) is 6.04 Å². The van der Waals surface area contributed by atoms with Crippen LogP contribution in [0.15, 0.2) is 0 Å². The predicted molar refractivity (Wildman–Crippen MR) is 76.9 cm³/mol. The minimum atomic E-state index is 0.129. The maximum Gasteiger partial charge on any atom is 0.0830 e. The van der Waals surface area contributed by atoms with Crippen molar-refractivity contribution in [3.05, 3.63) is 0 Å². The molecule has 2 aliphatic carbocycles. The summed E-state index contributed by atoms with van der Waals surface area (Å²) in [7, 11) is 4.05. The average Bonchev–Trinajstić information content (AvgIpc) is 2.46. The number of nitrogens with one attached hydrogen (secondary N) is 1. The van der Waals surface area contributed by atoms with Crippen LogP contribution in [0, 0.1) is 5.92 Å². The van der Waals surface area contributed by atoms with Crippen LogP contribution in [-0.4, -0.2) is 25.8 Å². The Morgan fingerprint density at radius 1 is 1.06 bits per heavy atom. The molecule has 0 radical (unpaired) electrons. The van der Waals surface area contributed by atoms with Gasteiger partial charge in [-0.05, 0) is 32.2 Å². The molecule has 0 aliphatic heterocycles. The summed E-state index contributed by atoms with van der Waals surface area (Å²) in [4.78, 5) is 0. The van der Waals surface area contributed by atoms with Gasteiger partial charge in [0.1, 0.15) is 0 Å². The molecule has 2 saturated carbocycles. The second kappa shape index (κ2) is 6.91. The summed E-state index contributed by atoms with van der Waals surface area (Å²) in [6, 6.07) is 0.561. The molecule has 0 aromatic carbocycles. The Morgan fingerprint density at radius 2 is 1.67 bits per heavy atom. The van der Waals surface area contributed by atoms with Crippen LogP contribution in [0.2, 0.25) is 0 Å². The van der Waals surface area contributed by atoms with Crippen molar-refractivity contribution in [3.8, 4) is 0 Å². The Hall–Kier alpha value is -0.0800. The SMILES string of the molecule is CNC(CC1CCCCC1)C1(OC)CCCCC1. The fourth-order valence-electron chi connectivity index (χ4n) is 4.20. The number of hydrogen-bond donors (Lipinski definition) is 1. The maximum absolute atomic E-state index is 6.01. The Labute approximate surface area is 113 Å². The minimum Gasteiger partial charge on any atom is -0.377 e. The molecule has 2 nitrogen and oxygen atoms in total. The average molecular weight is 253 g/mol. The Bertz CT molecular complexity index is 229. The largest absolute Gasteiger partial charge is 0.377 e. The summed E-state index contributed by atoms with van der Waals surface area (Å²) in [5.74, 6) is 0.935. The lowest BCUT2D eigenvalue weighted by molar-refractivity contribution is -0.0717. The molecule has 106 valence electrons. The molecule has 2 aliphatic rings. The lowest BCUT2D eigenvalue weighted by atomic mass is 9.74. The van der Waals surface area contributed by atoms with Gasteiger partial charge in [0.05, 0.1) is 5.60 Å². The highest BCUT2D eigenvalue weighted by atomic mass is 16.5. The van der Waals surface area contributed by atoms with Crippen molar-refractivity contribution in [2.45, 2.75) is 82.3 Å². The molecule has 2 heteroatoms. The minimum absolute atomic E-state index is 0.129. The van der Waals surface area contributed by atoms with Crippen LogP contribution in [0.4, 0.5) is 0 Å². The van der Waals surface area contributed by atoms with Crippen molar-refractivity contribution in [3.63, 3.8) is 0 Å². The van der Waals surface area contributed by atoms with E-state index in [4.69, 9.17) is 4.74 Å². The molecule has 1 atom stereocenters. The second-order valence-electron chi connectivity index (χ2n) is 6.41. The third-order valence-corrected chi connectivity index (χ3v) is 5.38. The van der Waals surface area contributed by atoms with Crippen LogP contribution < -0.4 is 5.32 Å². The second-order valence-corrected chi connectivity index (χ2v) is 6.41. The third-order valence-electron chi connectivity index (χ3n) is 5.38. The zero-order chi connectivity index (χ0) is 12.8. The highest BCUT2D eigenvalue weighted by molar-refractivity contribution is 4.96. The number of hydrogen-bond acceptors (Lipinski definition) is 2. The van der Waals surface area contributed by atoms with E-state index < -0.39 is 0 Å². The normalized spacial score (nSPS) is 27.0. The molecule has 2 fully saturated rings. The summed E-state index contributed by atoms with van der Waals surface area (Å²) < 4.78 is 6.01. The van der Waals surface area contributed by atoms with E-state index in [9.17, 15) is 0 Å². The summed E-state index contributed by atoms with van der Waals surface area (Å²) in [5, 5.41) is 3.59. The zero-order valence-corrected chi connectivity index (χ0v) is 12.3. The van der Waals surface area contributed by atoms with E-state index in [-0.39, 0.29) is 5.60 Å². The van der Waals surface area contributed by atoms with E-state index >= 15 is 0 Å². The molecule has 0 aromatic rings. The lowest BCUT2D eigenvalue weighted by Crippen LogP contribution is -2.53. The van der Waals surface area contributed by atoms with Gasteiger partial charge < -0.3 is 10.1 Å². The van der Waals surface area contributed by atoms with Crippen LogP contribution in [0.1, 0.15) is 70.6 Å². The Balaban J connectivity index is 1.96. The Kier molecular flexibility index (Phi) is 5.50. The van der Waals surface area contributed by atoms with E-state index in [2.05, 4.69) is 12.4 Å². The quantitative estimate of drug-likeness (QED) is 0.802. The third kappa shape index (κ3) is 3.27. The van der Waals surface area contributed by atoms with Gasteiger partial charge in [-0.15, -0.1) is 0 Å². The van der Waals surface area contributed by atoms with E-state index in [0.717, 1.165) is 5.92 Å². The van der Waals surface area contributed by atoms with Crippen molar-refractivity contribution < 1.29 is 4.74 Å². The molecule has 0 spiro atoms. The van der Waals surface area contributed by atoms with Crippen LogP contribution >= 0.6 is 0 Å². The molecule has 0 bridgehead atoms. The van der Waals surface area contributed by atoms with E-state index in [1.807, 2.05) is 7.11 Å². The highest BCUT2D eigenvalue weighted by Gasteiger charge is 2.40. The lowest BCUT2D eigenvalue weighted by Gasteiger charge is -2.44. The van der Waals surface area contributed by atoms with Crippen LogP contribution in [0.5, 0.6) is 0 Å². The summed E-state index contributed by atoms with van der Waals surface area (Å²) in [5.41, 5.74) is 0.129. The number of ether oxygens (including phenoxy) is 1. The van der Waals surface area contributed by atoms with Gasteiger partial charge in [0.25, 0.3) is 0 Å². The number of methoxy groups -OCH3 is 1. The van der Waals surface area contributed by atoms with Crippen molar-refractivity contribution >= 4 is 0 Å². The van der Waals surface area contributed by atoms with Crippen molar-refractivity contribution in [1.29, 1.82) is 0 Å². The first kappa shape index (κ1) is 14.3. The summed E-state index contributed by atoms with van der Waals surface area (Å²) >= 11 is 0. The molecule has 18 heavy (non-hydrogen) atoms. The smallest absolute Gasteiger partial charge is 0.0830 e. The first-order valence-corrected chi connectivity index (χ1v) is 8.03. The molecular formula is C16H31NO. The van der Waals surface area contributed by atoms with Crippen molar-refractivity contribution in [2.24, 2.45) is 5.92 Å². The first-order chi connectivity index (χ1) is 8.80. The van der Waals surface area contributed by atoms with Crippen LogP contribution in [0.3, 0.4) is 0 Å². The fraction of sp³-hybridized carbons (Fsp3) is 1.00. The zero-order valence-electron chi connectivity index (χ0n) is 12.3. The van der Waals surface area contributed by atoms with Gasteiger partial charge in [0.15, 0.2) is 0 Å². The standard InChI is InChI=1S/C16H31NO/c1-17-15(13-14-9-5-3-6-10-14)16(18-2)11-7-4-8-12-16/h14-15,17H,3-13H2,1-2H3. The molecule has 2 rings (SSSR count). The first-order valence-electron chi connectivity index (χ1n) is 8.03. The van der Waals surface area contributed by atoms with E-state index in [1.54, 1.807) is 0 Å². The van der Waals surface area contributed by atoms with E-state index in [1.165, 1.54) is 70.6 Å². The maximum atomic E-state index is 6.01. The molecule has 0 amide bonds. The van der Waals surface area contributed by atoms with Gasteiger partial charge in [0, 0.05) is 13.2 Å². The molecule has 1 unspecified atom stereocenters. The highest BCUT2D eigenvalue weighted by Crippen LogP contribution is 2.38. The molecule has 1 N–H and O–H groups in total. The molecular weight excluding hydrogens is 222 g/mol. The summed E-state index contributed by atoms with van der Waals surface area (Å²) in [6.45, 7) is 0. The van der Waals surface area contributed by atoms with Gasteiger partial charge >= 0.3 is 0 Å². The van der Waals surface area contributed by atoms with Gasteiger partial charge in [-0.2, -0.15) is 0 Å². The van der Waals surface area contributed by atoms with Crippen molar-refractivity contribution in [2.75, 3.05) is 14.2 Å². The van der Waals surface area contributed by atoms with Gasteiger partial charge in [0.2, 0.25) is 0 Å². The topological polar surface area (TPSA) is 21.3 Å². The summed E-state index contributed by atoms with van der Waals surface area (Å²) in [6.07, 6.45) is 15.1. The predicted octanol–water partition coefficient (Wildman–Crippen LogP) is 3.89. The molecule has 0 aromatic heterocycles. The Morgan fingerprint density at radius 3 is 2.22 bits per heavy atom. The van der Waals surface area contributed by atoms with Crippen molar-refractivity contribution in [1.82, 2.24) is 5.32 Å². The number of likely N-dealkylation sites (N-methyl/N-ethyl adjacent to an activating group) is 1. The van der Waals surface area contributed by atoms with Gasteiger partial charge in [-0.25, -0.2) is 0 Å². The number of rotatable bonds is 5. The van der Waals surface area contributed by atoms with Gasteiger partial charge in [-0.3, -0.25) is 0 Å². The van der Waals surface area contributed by atoms with Crippen LogP contribution in [-0.2, 0) is 4.74 Å². The van der Waals surface area contributed by atoms with Crippen LogP contribution in [0.25, 0.3) is 0 Å². The monoisotopic (exact) mass is 253 g/mol. The fourth-order valence-corrected chi connectivity index (χ4v) is 4.20. The van der Waals surface area contributed by atoms with Gasteiger partial charge in [-0.1, -0.05) is 51.4 Å².